The van der Waals surface area contributed by atoms with Crippen LogP contribution in [0.4, 0.5) is 13.2 Å². The first-order valence-corrected chi connectivity index (χ1v) is 3.59. The van der Waals surface area contributed by atoms with Gasteiger partial charge in [0, 0.05) is 0 Å². The molecule has 0 heterocycles. The summed E-state index contributed by atoms with van der Waals surface area (Å²) in [5.74, 6) is 0.958. The van der Waals surface area contributed by atoms with Crippen LogP contribution in [0.1, 0.15) is 5.56 Å². The van der Waals surface area contributed by atoms with Crippen molar-refractivity contribution >= 4 is 11.6 Å². The molecule has 0 fully saturated rings. The van der Waals surface area contributed by atoms with Crippen molar-refractivity contribution in [1.29, 1.82) is 0 Å². The summed E-state index contributed by atoms with van der Waals surface area (Å²) in [4.78, 5) is 3.99. The van der Waals surface area contributed by atoms with Gasteiger partial charge in [-0.15, -0.1) is 0 Å². The van der Waals surface area contributed by atoms with Gasteiger partial charge in [-0.1, -0.05) is 11.6 Å². The lowest BCUT2D eigenvalue weighted by Crippen LogP contribution is -2.06. The summed E-state index contributed by atoms with van der Waals surface area (Å²) in [7, 11) is 0. The summed E-state index contributed by atoms with van der Waals surface area (Å²) < 4.78 is 38.4. The highest BCUT2D eigenvalue weighted by Crippen LogP contribution is 2.23. The second-order valence-corrected chi connectivity index (χ2v) is 2.66. The number of benzene rings is 1. The van der Waals surface area contributed by atoms with Crippen LogP contribution in [-0.4, -0.2) is 0 Å². The lowest BCUT2D eigenvalue weighted by Gasteiger charge is -2.05. The molecule has 0 aliphatic carbocycles. The molecule has 0 radical (unpaired) electrons. The second kappa shape index (κ2) is 3.95. The van der Waals surface area contributed by atoms with Crippen molar-refractivity contribution in [3.63, 3.8) is 0 Å². The van der Waals surface area contributed by atoms with E-state index < -0.39 is 34.6 Å². The van der Waals surface area contributed by atoms with Gasteiger partial charge in [0.2, 0.25) is 0 Å². The summed E-state index contributed by atoms with van der Waals surface area (Å²) in [6.45, 7) is -0.574. The lowest BCUT2D eigenvalue weighted by molar-refractivity contribution is 0.118. The third-order valence-corrected chi connectivity index (χ3v) is 1.71. The molecule has 13 heavy (non-hydrogen) atoms. The van der Waals surface area contributed by atoms with E-state index >= 15 is 0 Å². The van der Waals surface area contributed by atoms with E-state index in [4.69, 9.17) is 11.6 Å². The van der Waals surface area contributed by atoms with Crippen LogP contribution in [0, 0.1) is 17.5 Å². The Hall–Kier alpha value is -0.780. The Balaban J connectivity index is 3.28. The van der Waals surface area contributed by atoms with E-state index in [1.54, 1.807) is 0 Å². The first-order valence-electron chi connectivity index (χ1n) is 3.21. The van der Waals surface area contributed by atoms with Gasteiger partial charge < -0.3 is 0 Å². The van der Waals surface area contributed by atoms with Crippen molar-refractivity contribution in [3.05, 3.63) is 34.1 Å². The van der Waals surface area contributed by atoms with Gasteiger partial charge in [-0.2, -0.15) is 0 Å². The largest absolute Gasteiger partial charge is 0.300 e. The first-order chi connectivity index (χ1) is 6.07. The number of rotatable bonds is 2. The average molecular weight is 212 g/mol. The van der Waals surface area contributed by atoms with Gasteiger partial charge in [-0.25, -0.2) is 19.1 Å². The molecule has 1 aromatic carbocycles. The van der Waals surface area contributed by atoms with Crippen LogP contribution in [-0.2, 0) is 11.4 Å². The highest BCUT2D eigenvalue weighted by Gasteiger charge is 2.17. The fraction of sp³-hybridized carbons (Fsp3) is 0.143. The standard InChI is InChI=1S/C7H5ClF3NO/c8-4-1-5(9)7(11)3(2-13-12)6(4)10/h1H,2,12H2. The molecule has 0 saturated carbocycles. The highest BCUT2D eigenvalue weighted by molar-refractivity contribution is 6.30. The van der Waals surface area contributed by atoms with E-state index in [-0.39, 0.29) is 0 Å². The molecule has 0 aliphatic rings. The predicted octanol–water partition coefficient (Wildman–Crippen LogP) is 2.15. The van der Waals surface area contributed by atoms with Crippen molar-refractivity contribution in [2.24, 2.45) is 5.90 Å². The van der Waals surface area contributed by atoms with Gasteiger partial charge in [0.25, 0.3) is 0 Å². The Bertz CT molecular complexity index is 306. The molecule has 0 atom stereocenters. The average Bonchev–Trinajstić information content (AvgIpc) is 2.09. The minimum atomic E-state index is -1.34. The van der Waals surface area contributed by atoms with E-state index in [1.807, 2.05) is 0 Å². The van der Waals surface area contributed by atoms with Crippen LogP contribution in [0.5, 0.6) is 0 Å². The van der Waals surface area contributed by atoms with Crippen LogP contribution in [0.2, 0.25) is 5.02 Å². The van der Waals surface area contributed by atoms with E-state index in [0.717, 1.165) is 0 Å². The summed E-state index contributed by atoms with van der Waals surface area (Å²) in [6, 6.07) is 0.548. The number of hydrogen-bond donors (Lipinski definition) is 1. The van der Waals surface area contributed by atoms with Gasteiger partial charge in [-0.05, 0) is 6.07 Å². The van der Waals surface area contributed by atoms with Crippen molar-refractivity contribution in [2.75, 3.05) is 0 Å². The Morgan fingerprint density at radius 2 is 1.92 bits per heavy atom. The van der Waals surface area contributed by atoms with Gasteiger partial charge in [0.1, 0.15) is 0 Å². The van der Waals surface area contributed by atoms with Gasteiger partial charge >= 0.3 is 0 Å². The van der Waals surface area contributed by atoms with Crippen molar-refractivity contribution in [3.8, 4) is 0 Å². The van der Waals surface area contributed by atoms with E-state index in [1.165, 1.54) is 0 Å². The number of hydrogen-bond acceptors (Lipinski definition) is 2. The van der Waals surface area contributed by atoms with Crippen molar-refractivity contribution < 1.29 is 18.0 Å². The Labute approximate surface area is 77.0 Å². The minimum absolute atomic E-state index is 0.508. The number of halogens is 4. The van der Waals surface area contributed by atoms with Crippen LogP contribution < -0.4 is 5.90 Å². The molecular weight excluding hydrogens is 207 g/mol. The third-order valence-electron chi connectivity index (χ3n) is 1.43. The molecular formula is C7H5ClF3NO. The van der Waals surface area contributed by atoms with Crippen LogP contribution >= 0.6 is 11.6 Å². The minimum Gasteiger partial charge on any atom is -0.300 e. The highest BCUT2D eigenvalue weighted by atomic mass is 35.5. The van der Waals surface area contributed by atoms with Crippen LogP contribution in [0.15, 0.2) is 6.07 Å². The molecule has 1 rings (SSSR count). The molecule has 1 aromatic rings. The Morgan fingerprint density at radius 1 is 1.31 bits per heavy atom. The zero-order valence-corrected chi connectivity index (χ0v) is 7.04. The van der Waals surface area contributed by atoms with E-state index in [2.05, 4.69) is 10.7 Å². The predicted molar refractivity (Wildman–Crippen MR) is 40.3 cm³/mol. The monoisotopic (exact) mass is 211 g/mol. The summed E-state index contributed by atoms with van der Waals surface area (Å²) in [5.41, 5.74) is -0.618. The van der Waals surface area contributed by atoms with Gasteiger partial charge in [-0.3, -0.25) is 4.84 Å². The molecule has 72 valence electrons. The van der Waals surface area contributed by atoms with Gasteiger partial charge in [0.05, 0.1) is 17.2 Å². The molecule has 2 nitrogen and oxygen atoms in total. The topological polar surface area (TPSA) is 35.2 Å². The zero-order chi connectivity index (χ0) is 10.0. The fourth-order valence-electron chi connectivity index (χ4n) is 0.833. The molecule has 0 bridgehead atoms. The number of nitrogens with two attached hydrogens (primary N) is 1. The summed E-state index contributed by atoms with van der Waals surface area (Å²) in [5, 5.41) is -0.508. The normalized spacial score (nSPS) is 10.5. The molecule has 0 aromatic heterocycles. The van der Waals surface area contributed by atoms with Crippen LogP contribution in [0.3, 0.4) is 0 Å². The van der Waals surface area contributed by atoms with Gasteiger partial charge in [0.15, 0.2) is 17.5 Å². The molecule has 0 spiro atoms. The van der Waals surface area contributed by atoms with E-state index in [9.17, 15) is 13.2 Å². The second-order valence-electron chi connectivity index (χ2n) is 2.26. The smallest absolute Gasteiger partial charge is 0.167 e. The maximum Gasteiger partial charge on any atom is 0.167 e. The Kier molecular flexibility index (Phi) is 3.13. The first kappa shape index (κ1) is 10.3. The molecule has 6 heteroatoms. The lowest BCUT2D eigenvalue weighted by atomic mass is 10.2. The summed E-state index contributed by atoms with van der Waals surface area (Å²) >= 11 is 5.25. The maximum absolute atomic E-state index is 13.0. The molecule has 2 N–H and O–H groups in total. The molecule has 0 amide bonds. The molecule has 0 saturated heterocycles. The third kappa shape index (κ3) is 1.93. The van der Waals surface area contributed by atoms with Crippen molar-refractivity contribution in [2.45, 2.75) is 6.61 Å². The van der Waals surface area contributed by atoms with Crippen molar-refractivity contribution in [1.82, 2.24) is 0 Å². The maximum atomic E-state index is 13.0. The van der Waals surface area contributed by atoms with E-state index in [0.29, 0.717) is 6.07 Å². The Morgan fingerprint density at radius 3 is 2.46 bits per heavy atom. The summed E-state index contributed by atoms with van der Waals surface area (Å²) in [6.07, 6.45) is 0. The fourth-order valence-corrected chi connectivity index (χ4v) is 1.04. The zero-order valence-electron chi connectivity index (χ0n) is 6.28. The SMILES string of the molecule is NOCc1c(F)c(F)cc(Cl)c1F. The molecule has 0 unspecified atom stereocenters. The molecule has 0 aliphatic heterocycles. The van der Waals surface area contributed by atoms with Crippen LogP contribution in [0.25, 0.3) is 0 Å². The quantitative estimate of drug-likeness (QED) is 0.601.